The number of aliphatic carboxylic acids is 1. The van der Waals surface area contributed by atoms with Crippen molar-refractivity contribution in [2.24, 2.45) is 0 Å². The molecule has 6 nitrogen and oxygen atoms in total. The Hall–Kier alpha value is -1.14. The maximum absolute atomic E-state index is 11.8. The number of carboxylic acids is 1. The third-order valence-corrected chi connectivity index (χ3v) is 2.94. The molecule has 0 saturated carbocycles. The summed E-state index contributed by atoms with van der Waals surface area (Å²) < 4.78 is 10.8. The van der Waals surface area contributed by atoms with Crippen LogP contribution in [0.5, 0.6) is 0 Å². The Morgan fingerprint density at radius 3 is 2.83 bits per heavy atom. The summed E-state index contributed by atoms with van der Waals surface area (Å²) in [5, 5.41) is 8.54. The van der Waals surface area contributed by atoms with Gasteiger partial charge in [0.1, 0.15) is 6.10 Å². The molecule has 2 atom stereocenters. The van der Waals surface area contributed by atoms with Gasteiger partial charge in [0.05, 0.1) is 19.1 Å². The second kappa shape index (κ2) is 7.33. The van der Waals surface area contributed by atoms with Gasteiger partial charge in [0.15, 0.2) is 0 Å². The average molecular weight is 259 g/mol. The minimum Gasteiger partial charge on any atom is -0.481 e. The van der Waals surface area contributed by atoms with Gasteiger partial charge in [-0.1, -0.05) is 0 Å². The molecule has 1 amide bonds. The highest BCUT2D eigenvalue weighted by Gasteiger charge is 2.22. The highest BCUT2D eigenvalue weighted by atomic mass is 16.5. The number of hydrogen-bond acceptors (Lipinski definition) is 4. The first kappa shape index (κ1) is 14.9. The first-order valence-corrected chi connectivity index (χ1v) is 6.20. The van der Waals surface area contributed by atoms with Crippen LogP contribution in [0.25, 0.3) is 0 Å². The van der Waals surface area contributed by atoms with Crippen LogP contribution >= 0.6 is 0 Å². The second-order valence-corrected chi connectivity index (χ2v) is 4.51. The highest BCUT2D eigenvalue weighted by Crippen LogP contribution is 2.13. The molecule has 1 heterocycles. The Morgan fingerprint density at radius 1 is 1.56 bits per heavy atom. The molecule has 0 aromatic rings. The summed E-state index contributed by atoms with van der Waals surface area (Å²) >= 11 is 0. The summed E-state index contributed by atoms with van der Waals surface area (Å²) in [5.74, 6) is -1.11. The number of likely N-dealkylation sites (N-methyl/N-ethyl adjacent to an activating group) is 1. The van der Waals surface area contributed by atoms with Crippen molar-refractivity contribution in [3.63, 3.8) is 0 Å². The van der Waals surface area contributed by atoms with E-state index in [1.54, 1.807) is 14.0 Å². The molecule has 1 aliphatic rings. The summed E-state index contributed by atoms with van der Waals surface area (Å²) in [7, 11) is 1.58. The minimum absolute atomic E-state index is 0.0549. The first-order valence-electron chi connectivity index (χ1n) is 6.20. The lowest BCUT2D eigenvalue weighted by molar-refractivity contribution is -0.144. The molecule has 1 aliphatic heterocycles. The van der Waals surface area contributed by atoms with E-state index in [2.05, 4.69) is 0 Å². The highest BCUT2D eigenvalue weighted by molar-refractivity contribution is 5.80. The maximum atomic E-state index is 11.8. The van der Waals surface area contributed by atoms with E-state index in [-0.39, 0.29) is 25.0 Å². The van der Waals surface area contributed by atoms with Gasteiger partial charge in [-0.05, 0) is 19.8 Å². The summed E-state index contributed by atoms with van der Waals surface area (Å²) in [4.78, 5) is 23.6. The number of amides is 1. The van der Waals surface area contributed by atoms with E-state index in [0.29, 0.717) is 6.61 Å². The van der Waals surface area contributed by atoms with Crippen molar-refractivity contribution in [2.75, 3.05) is 26.8 Å². The maximum Gasteiger partial charge on any atom is 0.305 e. The van der Waals surface area contributed by atoms with Crippen molar-refractivity contribution in [1.82, 2.24) is 4.90 Å². The zero-order valence-electron chi connectivity index (χ0n) is 10.9. The lowest BCUT2D eigenvalue weighted by Gasteiger charge is -2.22. The minimum atomic E-state index is -0.914. The molecule has 6 heteroatoms. The summed E-state index contributed by atoms with van der Waals surface area (Å²) in [5.41, 5.74) is 0. The number of carbonyl (C=O) groups excluding carboxylic acids is 1. The smallest absolute Gasteiger partial charge is 0.305 e. The predicted molar refractivity (Wildman–Crippen MR) is 64.3 cm³/mol. The summed E-state index contributed by atoms with van der Waals surface area (Å²) in [6, 6.07) is 0. The van der Waals surface area contributed by atoms with Crippen molar-refractivity contribution in [3.05, 3.63) is 0 Å². The molecule has 0 bridgehead atoms. The standard InChI is InChI=1S/C12H21NO5/c1-9(18-8-10-4-3-7-17-10)12(16)13(2)6-5-11(14)15/h9-10H,3-8H2,1-2H3,(H,14,15). The molecule has 0 radical (unpaired) electrons. The molecule has 1 N–H and O–H groups in total. The monoisotopic (exact) mass is 259 g/mol. The van der Waals surface area contributed by atoms with E-state index in [1.807, 2.05) is 0 Å². The van der Waals surface area contributed by atoms with E-state index in [4.69, 9.17) is 14.6 Å². The second-order valence-electron chi connectivity index (χ2n) is 4.51. The zero-order chi connectivity index (χ0) is 13.5. The Bertz CT molecular complexity index is 288. The van der Waals surface area contributed by atoms with Crippen LogP contribution in [0.2, 0.25) is 0 Å². The van der Waals surface area contributed by atoms with E-state index in [1.165, 1.54) is 4.90 Å². The molecule has 0 aliphatic carbocycles. The van der Waals surface area contributed by atoms with E-state index < -0.39 is 12.1 Å². The summed E-state index contributed by atoms with van der Waals surface area (Å²) in [6.07, 6.45) is 1.48. The number of rotatable bonds is 7. The SMILES string of the molecule is CC(OCC1CCCO1)C(=O)N(C)CCC(=O)O. The van der Waals surface area contributed by atoms with Gasteiger partial charge in [-0.15, -0.1) is 0 Å². The van der Waals surface area contributed by atoms with Gasteiger partial charge in [0.2, 0.25) is 0 Å². The van der Waals surface area contributed by atoms with Crippen molar-refractivity contribution in [3.8, 4) is 0 Å². The Kier molecular flexibility index (Phi) is 6.07. The molecule has 0 spiro atoms. The number of carbonyl (C=O) groups is 2. The van der Waals surface area contributed by atoms with Crippen molar-refractivity contribution in [2.45, 2.75) is 38.4 Å². The van der Waals surface area contributed by atoms with Gasteiger partial charge >= 0.3 is 5.97 Å². The van der Waals surface area contributed by atoms with Crippen LogP contribution in [0.1, 0.15) is 26.2 Å². The van der Waals surface area contributed by atoms with Crippen LogP contribution < -0.4 is 0 Å². The Morgan fingerprint density at radius 2 is 2.28 bits per heavy atom. The molecule has 1 saturated heterocycles. The molecular formula is C12H21NO5. The van der Waals surface area contributed by atoms with Crippen molar-refractivity contribution in [1.29, 1.82) is 0 Å². The molecule has 1 fully saturated rings. The van der Waals surface area contributed by atoms with Crippen LogP contribution in [0.4, 0.5) is 0 Å². The molecule has 104 valence electrons. The summed E-state index contributed by atoms with van der Waals surface area (Å²) in [6.45, 7) is 3.05. The van der Waals surface area contributed by atoms with Crippen molar-refractivity contribution >= 4 is 11.9 Å². The third-order valence-electron chi connectivity index (χ3n) is 2.94. The lowest BCUT2D eigenvalue weighted by atomic mass is 10.2. The van der Waals surface area contributed by atoms with Gasteiger partial charge in [-0.25, -0.2) is 0 Å². The molecule has 1 rings (SSSR count). The number of carboxylic acid groups (broad SMARTS) is 1. The normalized spacial score (nSPS) is 20.7. The molecule has 2 unspecified atom stereocenters. The van der Waals surface area contributed by atoms with Crippen LogP contribution in [0.3, 0.4) is 0 Å². The van der Waals surface area contributed by atoms with Gasteiger partial charge in [0, 0.05) is 20.2 Å². The molecule has 0 aromatic heterocycles. The number of nitrogens with zero attached hydrogens (tertiary/aromatic N) is 1. The Labute approximate surface area is 107 Å². The fraction of sp³-hybridized carbons (Fsp3) is 0.833. The van der Waals surface area contributed by atoms with Gasteiger partial charge < -0.3 is 19.5 Å². The van der Waals surface area contributed by atoms with Crippen LogP contribution in [-0.4, -0.2) is 60.9 Å². The van der Waals surface area contributed by atoms with Gasteiger partial charge in [-0.3, -0.25) is 9.59 Å². The predicted octanol–water partition coefficient (Wildman–Crippen LogP) is 0.504. The van der Waals surface area contributed by atoms with Gasteiger partial charge in [0.25, 0.3) is 5.91 Å². The topological polar surface area (TPSA) is 76.1 Å². The van der Waals surface area contributed by atoms with Crippen LogP contribution in [0, 0.1) is 0 Å². The van der Waals surface area contributed by atoms with E-state index >= 15 is 0 Å². The molecule has 18 heavy (non-hydrogen) atoms. The first-order chi connectivity index (χ1) is 8.50. The fourth-order valence-electron chi connectivity index (χ4n) is 1.78. The largest absolute Gasteiger partial charge is 0.481 e. The Balaban J connectivity index is 2.24. The number of hydrogen-bond donors (Lipinski definition) is 1. The quantitative estimate of drug-likeness (QED) is 0.720. The molecular weight excluding hydrogens is 238 g/mol. The van der Waals surface area contributed by atoms with Gasteiger partial charge in [-0.2, -0.15) is 0 Å². The molecule has 0 aromatic carbocycles. The fourth-order valence-corrected chi connectivity index (χ4v) is 1.78. The zero-order valence-corrected chi connectivity index (χ0v) is 10.9. The number of ether oxygens (including phenoxy) is 2. The third kappa shape index (κ3) is 5.01. The average Bonchev–Trinajstić information content (AvgIpc) is 2.85. The lowest BCUT2D eigenvalue weighted by Crippen LogP contribution is -2.38. The van der Waals surface area contributed by atoms with Crippen LogP contribution in [0.15, 0.2) is 0 Å². The van der Waals surface area contributed by atoms with Crippen LogP contribution in [-0.2, 0) is 19.1 Å². The van der Waals surface area contributed by atoms with E-state index in [0.717, 1.165) is 19.4 Å². The van der Waals surface area contributed by atoms with E-state index in [9.17, 15) is 9.59 Å². The van der Waals surface area contributed by atoms with Crippen molar-refractivity contribution < 1.29 is 24.2 Å².